The summed E-state index contributed by atoms with van der Waals surface area (Å²) in [6.45, 7) is 6.34. The van der Waals surface area contributed by atoms with E-state index in [1.54, 1.807) is 6.07 Å². The number of anilines is 1. The lowest BCUT2D eigenvalue weighted by atomic mass is 9.87. The maximum absolute atomic E-state index is 12.1. The highest BCUT2D eigenvalue weighted by Gasteiger charge is 2.24. The summed E-state index contributed by atoms with van der Waals surface area (Å²) in [5, 5.41) is 12.8. The number of benzene rings is 1. The van der Waals surface area contributed by atoms with Gasteiger partial charge in [0.05, 0.1) is 5.69 Å². The average Bonchev–Trinajstić information content (AvgIpc) is 2.84. The molecule has 104 valence electrons. The maximum Gasteiger partial charge on any atom is 0.227 e. The Bertz CT molecular complexity index is 468. The van der Waals surface area contributed by atoms with Crippen molar-refractivity contribution >= 4 is 11.6 Å². The van der Waals surface area contributed by atoms with Crippen LogP contribution in [0.25, 0.3) is 0 Å². The van der Waals surface area contributed by atoms with Crippen molar-refractivity contribution < 1.29 is 9.90 Å². The maximum atomic E-state index is 12.1. The summed E-state index contributed by atoms with van der Waals surface area (Å²) in [4.78, 5) is 12.1. The van der Waals surface area contributed by atoms with Crippen LogP contribution < -0.4 is 5.32 Å². The number of hydrogen-bond donors (Lipinski definition) is 2. The van der Waals surface area contributed by atoms with Crippen molar-refractivity contribution in [3.63, 3.8) is 0 Å². The molecule has 0 aliphatic heterocycles. The predicted octanol–water partition coefficient (Wildman–Crippen LogP) is 3.82. The summed E-state index contributed by atoms with van der Waals surface area (Å²) in [6, 6.07) is 5.44. The highest BCUT2D eigenvalue weighted by Crippen LogP contribution is 2.32. The molecule has 1 saturated carbocycles. The SMILES string of the molecule is CC(C)(C)c1ccc(O)c(NC(=O)C2CCCC2)c1. The number of carbonyl (C=O) groups is 1. The smallest absolute Gasteiger partial charge is 0.227 e. The van der Waals surface area contributed by atoms with E-state index in [1.165, 1.54) is 0 Å². The summed E-state index contributed by atoms with van der Waals surface area (Å²) < 4.78 is 0. The van der Waals surface area contributed by atoms with Crippen LogP contribution in [0.5, 0.6) is 5.75 Å². The van der Waals surface area contributed by atoms with E-state index in [2.05, 4.69) is 26.1 Å². The zero-order valence-corrected chi connectivity index (χ0v) is 12.0. The fourth-order valence-corrected chi connectivity index (χ4v) is 2.53. The van der Waals surface area contributed by atoms with Gasteiger partial charge < -0.3 is 10.4 Å². The molecule has 0 bridgehead atoms. The Morgan fingerprint density at radius 3 is 2.47 bits per heavy atom. The molecule has 0 saturated heterocycles. The van der Waals surface area contributed by atoms with Crippen LogP contribution in [0.1, 0.15) is 52.0 Å². The van der Waals surface area contributed by atoms with Gasteiger partial charge in [-0.05, 0) is 36.0 Å². The molecule has 2 N–H and O–H groups in total. The van der Waals surface area contributed by atoms with Crippen molar-refractivity contribution in [2.45, 2.75) is 51.9 Å². The van der Waals surface area contributed by atoms with Crippen LogP contribution in [0.15, 0.2) is 18.2 Å². The first kappa shape index (κ1) is 13.9. The second-order valence-electron chi connectivity index (χ2n) is 6.45. The van der Waals surface area contributed by atoms with Crippen LogP contribution in [0.2, 0.25) is 0 Å². The number of amides is 1. The van der Waals surface area contributed by atoms with Gasteiger partial charge in [-0.2, -0.15) is 0 Å². The molecule has 3 heteroatoms. The standard InChI is InChI=1S/C16H23NO2/c1-16(2,3)12-8-9-14(18)13(10-12)17-15(19)11-6-4-5-7-11/h8-11,18H,4-7H2,1-3H3,(H,17,19). The van der Waals surface area contributed by atoms with E-state index in [0.29, 0.717) is 5.69 Å². The van der Waals surface area contributed by atoms with Crippen molar-refractivity contribution in [1.29, 1.82) is 0 Å². The second-order valence-corrected chi connectivity index (χ2v) is 6.45. The Hall–Kier alpha value is -1.51. The number of aromatic hydroxyl groups is 1. The molecule has 1 aliphatic rings. The molecule has 0 heterocycles. The molecular weight excluding hydrogens is 238 g/mol. The first-order chi connectivity index (χ1) is 8.88. The lowest BCUT2D eigenvalue weighted by Crippen LogP contribution is -2.21. The van der Waals surface area contributed by atoms with E-state index in [1.807, 2.05) is 12.1 Å². The molecule has 1 aromatic rings. The van der Waals surface area contributed by atoms with E-state index >= 15 is 0 Å². The normalized spacial score (nSPS) is 16.6. The quantitative estimate of drug-likeness (QED) is 0.795. The van der Waals surface area contributed by atoms with E-state index in [9.17, 15) is 9.90 Å². The minimum Gasteiger partial charge on any atom is -0.506 e. The summed E-state index contributed by atoms with van der Waals surface area (Å²) in [7, 11) is 0. The molecule has 1 aromatic carbocycles. The third-order valence-corrected chi connectivity index (χ3v) is 3.85. The fraction of sp³-hybridized carbons (Fsp3) is 0.562. The lowest BCUT2D eigenvalue weighted by Gasteiger charge is -2.21. The van der Waals surface area contributed by atoms with Crippen molar-refractivity contribution in [3.8, 4) is 5.75 Å². The van der Waals surface area contributed by atoms with Crippen LogP contribution in [-0.2, 0) is 10.2 Å². The molecule has 0 radical (unpaired) electrons. The molecule has 1 fully saturated rings. The van der Waals surface area contributed by atoms with Gasteiger partial charge in [-0.25, -0.2) is 0 Å². The first-order valence-corrected chi connectivity index (χ1v) is 7.02. The third-order valence-electron chi connectivity index (χ3n) is 3.85. The Morgan fingerprint density at radius 2 is 1.89 bits per heavy atom. The van der Waals surface area contributed by atoms with Gasteiger partial charge in [0.15, 0.2) is 0 Å². The molecule has 1 amide bonds. The third kappa shape index (κ3) is 3.28. The zero-order chi connectivity index (χ0) is 14.0. The molecule has 0 atom stereocenters. The molecule has 2 rings (SSSR count). The topological polar surface area (TPSA) is 49.3 Å². The number of nitrogens with one attached hydrogen (secondary N) is 1. The van der Waals surface area contributed by atoms with Gasteiger partial charge in [-0.3, -0.25) is 4.79 Å². The first-order valence-electron chi connectivity index (χ1n) is 7.02. The van der Waals surface area contributed by atoms with Gasteiger partial charge in [0.25, 0.3) is 0 Å². The number of hydrogen-bond acceptors (Lipinski definition) is 2. The van der Waals surface area contributed by atoms with E-state index in [-0.39, 0.29) is 23.0 Å². The molecule has 0 spiro atoms. The lowest BCUT2D eigenvalue weighted by molar-refractivity contribution is -0.119. The van der Waals surface area contributed by atoms with Crippen molar-refractivity contribution in [1.82, 2.24) is 0 Å². The van der Waals surface area contributed by atoms with Gasteiger partial charge in [0.2, 0.25) is 5.91 Å². The molecule has 19 heavy (non-hydrogen) atoms. The highest BCUT2D eigenvalue weighted by atomic mass is 16.3. The summed E-state index contributed by atoms with van der Waals surface area (Å²) >= 11 is 0. The molecule has 0 unspecified atom stereocenters. The monoisotopic (exact) mass is 261 g/mol. The number of carbonyl (C=O) groups excluding carboxylic acids is 1. The van der Waals surface area contributed by atoms with Crippen LogP contribution in [0.4, 0.5) is 5.69 Å². The van der Waals surface area contributed by atoms with Crippen LogP contribution in [-0.4, -0.2) is 11.0 Å². The Balaban J connectivity index is 2.17. The van der Waals surface area contributed by atoms with Gasteiger partial charge in [0, 0.05) is 5.92 Å². The Labute approximate surface area is 115 Å². The van der Waals surface area contributed by atoms with E-state index in [0.717, 1.165) is 31.2 Å². The van der Waals surface area contributed by atoms with E-state index < -0.39 is 0 Å². The summed E-state index contributed by atoms with van der Waals surface area (Å²) in [5.74, 6) is 0.288. The van der Waals surface area contributed by atoms with E-state index in [4.69, 9.17) is 0 Å². The molecule has 0 aromatic heterocycles. The van der Waals surface area contributed by atoms with Crippen molar-refractivity contribution in [2.75, 3.05) is 5.32 Å². The molecule has 1 aliphatic carbocycles. The molecule has 3 nitrogen and oxygen atoms in total. The fourth-order valence-electron chi connectivity index (χ4n) is 2.53. The number of phenols is 1. The Morgan fingerprint density at radius 1 is 1.26 bits per heavy atom. The van der Waals surface area contributed by atoms with Crippen molar-refractivity contribution in [2.24, 2.45) is 5.92 Å². The highest BCUT2D eigenvalue weighted by molar-refractivity contribution is 5.94. The minimum atomic E-state index is 0.000532. The van der Waals surface area contributed by atoms with Gasteiger partial charge in [0.1, 0.15) is 5.75 Å². The molecular formula is C16H23NO2. The zero-order valence-electron chi connectivity index (χ0n) is 12.0. The summed E-state index contributed by atoms with van der Waals surface area (Å²) in [5.41, 5.74) is 1.64. The average molecular weight is 261 g/mol. The largest absolute Gasteiger partial charge is 0.506 e. The second kappa shape index (κ2) is 5.24. The van der Waals surface area contributed by atoms with Crippen molar-refractivity contribution in [3.05, 3.63) is 23.8 Å². The number of phenolic OH excluding ortho intramolecular Hbond substituents is 1. The minimum absolute atomic E-state index is 0.000532. The van der Waals surface area contributed by atoms with Crippen LogP contribution >= 0.6 is 0 Å². The van der Waals surface area contributed by atoms with Gasteiger partial charge >= 0.3 is 0 Å². The van der Waals surface area contributed by atoms with Gasteiger partial charge in [-0.1, -0.05) is 39.7 Å². The predicted molar refractivity (Wildman–Crippen MR) is 77.4 cm³/mol. The number of rotatable bonds is 2. The Kier molecular flexibility index (Phi) is 3.83. The van der Waals surface area contributed by atoms with Crippen LogP contribution in [0.3, 0.4) is 0 Å². The summed E-state index contributed by atoms with van der Waals surface area (Å²) in [6.07, 6.45) is 4.19. The van der Waals surface area contributed by atoms with Crippen LogP contribution in [0, 0.1) is 5.92 Å². The van der Waals surface area contributed by atoms with Gasteiger partial charge in [-0.15, -0.1) is 0 Å².